The maximum atomic E-state index is 12.7. The fraction of sp³-hybridized carbons (Fsp3) is 0.167. The predicted molar refractivity (Wildman–Crippen MR) is 131 cm³/mol. The molecule has 174 valence electrons. The SMILES string of the molecule is Cc1c(C(=O)NNC(=O)c2ccc(Cl)cc2)oc2c1/C(=N/NC(=O)c1ccccc1Br)CCC2. The number of hydrazone groups is 1. The third kappa shape index (κ3) is 5.05. The van der Waals surface area contributed by atoms with Crippen molar-refractivity contribution in [1.82, 2.24) is 16.3 Å². The van der Waals surface area contributed by atoms with Crippen LogP contribution < -0.4 is 16.3 Å². The van der Waals surface area contributed by atoms with Crippen LogP contribution >= 0.6 is 27.5 Å². The lowest BCUT2D eigenvalue weighted by Crippen LogP contribution is -2.41. The van der Waals surface area contributed by atoms with E-state index in [0.717, 1.165) is 6.42 Å². The van der Waals surface area contributed by atoms with Gasteiger partial charge in [0.15, 0.2) is 5.76 Å². The van der Waals surface area contributed by atoms with Crippen molar-refractivity contribution in [1.29, 1.82) is 0 Å². The molecule has 0 bridgehead atoms. The minimum Gasteiger partial charge on any atom is -0.455 e. The number of halogens is 2. The Kier molecular flexibility index (Phi) is 7.14. The maximum Gasteiger partial charge on any atom is 0.305 e. The summed E-state index contributed by atoms with van der Waals surface area (Å²) in [4.78, 5) is 37.5. The van der Waals surface area contributed by atoms with Crippen LogP contribution in [-0.2, 0) is 6.42 Å². The van der Waals surface area contributed by atoms with Crippen LogP contribution in [-0.4, -0.2) is 23.4 Å². The van der Waals surface area contributed by atoms with E-state index in [2.05, 4.69) is 37.3 Å². The number of aryl methyl sites for hydroxylation is 1. The van der Waals surface area contributed by atoms with Crippen molar-refractivity contribution in [3.05, 3.63) is 91.8 Å². The molecule has 0 radical (unpaired) electrons. The van der Waals surface area contributed by atoms with Crippen molar-refractivity contribution < 1.29 is 18.8 Å². The van der Waals surface area contributed by atoms with E-state index in [1.54, 1.807) is 49.4 Å². The second kappa shape index (κ2) is 10.2. The van der Waals surface area contributed by atoms with E-state index in [4.69, 9.17) is 16.0 Å². The Hall–Kier alpha value is -3.43. The number of benzene rings is 2. The Morgan fingerprint density at radius 1 is 0.971 bits per heavy atom. The first kappa shape index (κ1) is 23.7. The lowest BCUT2D eigenvalue weighted by atomic mass is 9.93. The summed E-state index contributed by atoms with van der Waals surface area (Å²) >= 11 is 9.19. The van der Waals surface area contributed by atoms with Crippen molar-refractivity contribution in [3.8, 4) is 0 Å². The van der Waals surface area contributed by atoms with E-state index < -0.39 is 11.8 Å². The average Bonchev–Trinajstić information content (AvgIpc) is 3.18. The lowest BCUT2D eigenvalue weighted by Gasteiger charge is -2.13. The summed E-state index contributed by atoms with van der Waals surface area (Å²) in [5.74, 6) is -0.738. The zero-order valence-electron chi connectivity index (χ0n) is 18.1. The number of carbonyl (C=O) groups excluding carboxylic acids is 3. The molecule has 0 aliphatic heterocycles. The molecule has 4 rings (SSSR count). The molecule has 0 saturated carbocycles. The van der Waals surface area contributed by atoms with Crippen LogP contribution in [0.25, 0.3) is 0 Å². The number of hydrogen-bond acceptors (Lipinski definition) is 5. The molecule has 1 aliphatic carbocycles. The second-order valence-corrected chi connectivity index (χ2v) is 8.89. The van der Waals surface area contributed by atoms with Gasteiger partial charge in [-0.05, 0) is 72.1 Å². The summed E-state index contributed by atoms with van der Waals surface area (Å²) in [6.07, 6.45) is 2.02. The third-order valence-electron chi connectivity index (χ3n) is 5.34. The van der Waals surface area contributed by atoms with Crippen LogP contribution in [0.15, 0.2) is 62.5 Å². The number of nitrogens with zero attached hydrogens (tertiary/aromatic N) is 1. The number of carbonyl (C=O) groups is 3. The van der Waals surface area contributed by atoms with E-state index in [-0.39, 0.29) is 11.7 Å². The third-order valence-corrected chi connectivity index (χ3v) is 6.28. The first-order valence-electron chi connectivity index (χ1n) is 10.5. The number of hydrogen-bond donors (Lipinski definition) is 3. The Morgan fingerprint density at radius 3 is 2.41 bits per heavy atom. The summed E-state index contributed by atoms with van der Waals surface area (Å²) < 4.78 is 6.47. The van der Waals surface area contributed by atoms with Crippen molar-refractivity contribution in [3.63, 3.8) is 0 Å². The van der Waals surface area contributed by atoms with Gasteiger partial charge in [-0.25, -0.2) is 5.43 Å². The van der Waals surface area contributed by atoms with Crippen LogP contribution in [0, 0.1) is 6.92 Å². The van der Waals surface area contributed by atoms with Gasteiger partial charge in [-0.15, -0.1) is 0 Å². The molecule has 10 heteroatoms. The Morgan fingerprint density at radius 2 is 1.68 bits per heavy atom. The van der Waals surface area contributed by atoms with Gasteiger partial charge in [-0.3, -0.25) is 25.2 Å². The number of hydrazine groups is 1. The summed E-state index contributed by atoms with van der Waals surface area (Å²) in [7, 11) is 0. The quantitative estimate of drug-likeness (QED) is 0.419. The van der Waals surface area contributed by atoms with Gasteiger partial charge in [0.1, 0.15) is 5.76 Å². The van der Waals surface area contributed by atoms with Gasteiger partial charge >= 0.3 is 5.91 Å². The average molecular weight is 544 g/mol. The molecular formula is C24H20BrClN4O4. The molecule has 1 heterocycles. The lowest BCUT2D eigenvalue weighted by molar-refractivity contribution is 0.0829. The highest BCUT2D eigenvalue weighted by molar-refractivity contribution is 9.10. The van der Waals surface area contributed by atoms with Gasteiger partial charge in [0.25, 0.3) is 11.8 Å². The van der Waals surface area contributed by atoms with Gasteiger partial charge in [0, 0.05) is 32.6 Å². The van der Waals surface area contributed by atoms with Crippen molar-refractivity contribution >= 4 is 51.0 Å². The Balaban J connectivity index is 1.48. The van der Waals surface area contributed by atoms with Gasteiger partial charge < -0.3 is 4.42 Å². The van der Waals surface area contributed by atoms with E-state index in [1.165, 1.54) is 0 Å². The van der Waals surface area contributed by atoms with Crippen LogP contribution in [0.4, 0.5) is 0 Å². The minimum absolute atomic E-state index is 0.0770. The molecular weight excluding hydrogens is 524 g/mol. The van der Waals surface area contributed by atoms with E-state index in [0.29, 0.717) is 56.1 Å². The first-order chi connectivity index (χ1) is 16.3. The molecule has 3 amide bonds. The zero-order chi connectivity index (χ0) is 24.2. The molecule has 34 heavy (non-hydrogen) atoms. The molecule has 1 aliphatic rings. The highest BCUT2D eigenvalue weighted by atomic mass is 79.9. The summed E-state index contributed by atoms with van der Waals surface area (Å²) in [5, 5.41) is 4.82. The molecule has 0 fully saturated rings. The summed E-state index contributed by atoms with van der Waals surface area (Å²) in [6, 6.07) is 13.3. The second-order valence-electron chi connectivity index (χ2n) is 7.60. The predicted octanol–water partition coefficient (Wildman–Crippen LogP) is 4.55. The fourth-order valence-corrected chi connectivity index (χ4v) is 4.26. The van der Waals surface area contributed by atoms with E-state index in [9.17, 15) is 14.4 Å². The van der Waals surface area contributed by atoms with Crippen molar-refractivity contribution in [2.45, 2.75) is 26.2 Å². The smallest absolute Gasteiger partial charge is 0.305 e. The molecule has 8 nitrogen and oxygen atoms in total. The molecule has 0 spiro atoms. The normalized spacial score (nSPS) is 13.8. The van der Waals surface area contributed by atoms with Gasteiger partial charge in [-0.2, -0.15) is 5.10 Å². The zero-order valence-corrected chi connectivity index (χ0v) is 20.4. The standard InChI is InChI=1S/C24H20BrClN4O4/c1-13-20-18(27-29-23(32)16-5-2-3-6-17(16)25)7-4-8-19(20)34-21(13)24(33)30-28-22(31)14-9-11-15(26)12-10-14/h2-3,5-6,9-12H,4,7-8H2,1H3,(H,28,31)(H,29,32)(H,30,33)/b27-18+. The number of nitrogens with one attached hydrogen (secondary N) is 3. The Labute approximate surface area is 208 Å². The summed E-state index contributed by atoms with van der Waals surface area (Å²) in [5.41, 5.74) is 10.1. The Bertz CT molecular complexity index is 1300. The number of rotatable bonds is 4. The van der Waals surface area contributed by atoms with E-state index in [1.807, 2.05) is 6.07 Å². The van der Waals surface area contributed by atoms with E-state index >= 15 is 0 Å². The minimum atomic E-state index is -0.592. The van der Waals surface area contributed by atoms with Crippen LogP contribution in [0.2, 0.25) is 5.02 Å². The number of furan rings is 1. The molecule has 2 aromatic carbocycles. The molecule has 1 aromatic heterocycles. The highest BCUT2D eigenvalue weighted by Gasteiger charge is 2.28. The van der Waals surface area contributed by atoms with Crippen molar-refractivity contribution in [2.75, 3.05) is 0 Å². The molecule has 0 saturated heterocycles. The fourth-order valence-electron chi connectivity index (χ4n) is 3.66. The van der Waals surface area contributed by atoms with Gasteiger partial charge in [0.2, 0.25) is 0 Å². The van der Waals surface area contributed by atoms with Gasteiger partial charge in [-0.1, -0.05) is 23.7 Å². The van der Waals surface area contributed by atoms with Crippen LogP contribution in [0.1, 0.15) is 61.0 Å². The number of amides is 3. The maximum absolute atomic E-state index is 12.7. The van der Waals surface area contributed by atoms with Crippen LogP contribution in [0.5, 0.6) is 0 Å². The highest BCUT2D eigenvalue weighted by Crippen LogP contribution is 2.30. The number of fused-ring (bicyclic) bond motifs is 1. The monoisotopic (exact) mass is 542 g/mol. The van der Waals surface area contributed by atoms with Crippen LogP contribution in [0.3, 0.4) is 0 Å². The largest absolute Gasteiger partial charge is 0.455 e. The summed E-state index contributed by atoms with van der Waals surface area (Å²) in [6.45, 7) is 1.74. The van der Waals surface area contributed by atoms with Crippen molar-refractivity contribution in [2.24, 2.45) is 5.10 Å². The topological polar surface area (TPSA) is 113 Å². The first-order valence-corrected chi connectivity index (χ1v) is 11.6. The molecule has 3 aromatic rings. The van der Waals surface area contributed by atoms with Gasteiger partial charge in [0.05, 0.1) is 11.3 Å². The molecule has 3 N–H and O–H groups in total. The molecule has 0 atom stereocenters. The molecule has 0 unspecified atom stereocenters.